The fraction of sp³-hybridized carbons (Fsp3) is 0.419. The van der Waals surface area contributed by atoms with Gasteiger partial charge in [-0.3, -0.25) is 4.79 Å². The molecule has 0 unspecified atom stereocenters. The summed E-state index contributed by atoms with van der Waals surface area (Å²) in [6.07, 6.45) is 2.95. The smallest absolute Gasteiger partial charge is 0.406 e. The van der Waals surface area contributed by atoms with Gasteiger partial charge in [0.05, 0.1) is 7.11 Å². The molecule has 2 heterocycles. The molecule has 38 heavy (non-hydrogen) atoms. The highest BCUT2D eigenvalue weighted by molar-refractivity contribution is 6.07. The number of ether oxygens (including phenoxy) is 1. The molecular formula is C31H38FN3O3. The molecule has 0 aromatic heterocycles. The van der Waals surface area contributed by atoms with E-state index in [1.54, 1.807) is 12.1 Å². The number of nitrogens with one attached hydrogen (secondary N) is 1. The maximum absolute atomic E-state index is 13.2. The van der Waals surface area contributed by atoms with Crippen LogP contribution < -0.4 is 5.32 Å². The highest BCUT2D eigenvalue weighted by Crippen LogP contribution is 2.30. The Balaban J connectivity index is 0.000000426. The number of benzene rings is 3. The van der Waals surface area contributed by atoms with Crippen molar-refractivity contribution in [2.45, 2.75) is 32.1 Å². The molecule has 0 aliphatic carbocycles. The highest BCUT2D eigenvalue weighted by atomic mass is 19.1. The van der Waals surface area contributed by atoms with Crippen LogP contribution in [-0.2, 0) is 4.74 Å². The Morgan fingerprint density at radius 2 is 1.66 bits per heavy atom. The highest BCUT2D eigenvalue weighted by Gasteiger charge is 2.30. The third kappa shape index (κ3) is 7.10. The molecule has 3 aromatic rings. The minimum absolute atomic E-state index is 0.161. The quantitative estimate of drug-likeness (QED) is 0.471. The molecule has 2 aliphatic rings. The number of rotatable bonds is 5. The Hall–Kier alpha value is -3.45. The van der Waals surface area contributed by atoms with Gasteiger partial charge in [0, 0.05) is 31.7 Å². The second-order valence-electron chi connectivity index (χ2n) is 10.1. The van der Waals surface area contributed by atoms with Crippen molar-refractivity contribution in [2.24, 2.45) is 5.92 Å². The van der Waals surface area contributed by atoms with Gasteiger partial charge in [-0.15, -0.1) is 0 Å². The lowest BCUT2D eigenvalue weighted by atomic mass is 9.89. The van der Waals surface area contributed by atoms with Gasteiger partial charge in [0.1, 0.15) is 5.82 Å². The van der Waals surface area contributed by atoms with Crippen molar-refractivity contribution in [2.75, 3.05) is 46.4 Å². The number of nitrogens with zero attached hydrogens (tertiary/aromatic N) is 2. The number of piperidine rings is 1. The fourth-order valence-corrected chi connectivity index (χ4v) is 5.51. The molecule has 202 valence electrons. The van der Waals surface area contributed by atoms with Crippen LogP contribution in [0, 0.1) is 11.7 Å². The van der Waals surface area contributed by atoms with Crippen molar-refractivity contribution in [3.05, 3.63) is 83.7 Å². The van der Waals surface area contributed by atoms with Crippen LogP contribution in [0.4, 0.5) is 9.18 Å². The zero-order valence-corrected chi connectivity index (χ0v) is 22.4. The number of halogens is 1. The van der Waals surface area contributed by atoms with Crippen molar-refractivity contribution in [1.82, 2.24) is 15.1 Å². The van der Waals surface area contributed by atoms with Gasteiger partial charge in [-0.25, -0.2) is 9.18 Å². The summed E-state index contributed by atoms with van der Waals surface area (Å²) >= 11 is 0. The molecule has 2 aliphatic heterocycles. The second kappa shape index (κ2) is 13.4. The number of carbonyl (C=O) groups excluding carboxylic acids is 2. The predicted octanol–water partition coefficient (Wildman–Crippen LogP) is 5.68. The lowest BCUT2D eigenvalue weighted by Gasteiger charge is -2.33. The van der Waals surface area contributed by atoms with Crippen LogP contribution in [-0.4, -0.2) is 68.2 Å². The van der Waals surface area contributed by atoms with Crippen molar-refractivity contribution < 1.29 is 18.7 Å². The first kappa shape index (κ1) is 27.6. The molecule has 0 bridgehead atoms. The van der Waals surface area contributed by atoms with Crippen LogP contribution in [0.25, 0.3) is 10.8 Å². The maximum atomic E-state index is 13.2. The van der Waals surface area contributed by atoms with Gasteiger partial charge in [-0.1, -0.05) is 48.5 Å². The molecule has 0 saturated carbocycles. The van der Waals surface area contributed by atoms with Crippen LogP contribution in [0.3, 0.4) is 0 Å². The first-order valence-corrected chi connectivity index (χ1v) is 13.5. The molecule has 5 rings (SSSR count). The summed E-state index contributed by atoms with van der Waals surface area (Å²) in [4.78, 5) is 27.9. The first-order valence-electron chi connectivity index (χ1n) is 13.5. The SMILES string of the molecule is CCNC(=O)OC.O=C(c1cccc2ccccc12)N1CC[C@H](CN2CCC(c3ccc(F)cc3)CC2)C1. The minimum Gasteiger partial charge on any atom is -0.453 e. The predicted molar refractivity (Wildman–Crippen MR) is 149 cm³/mol. The molecule has 0 radical (unpaired) electrons. The fourth-order valence-electron chi connectivity index (χ4n) is 5.51. The van der Waals surface area contributed by atoms with E-state index in [1.165, 1.54) is 12.7 Å². The standard InChI is InChI=1S/C27H29FN2O.C4H9NO2/c28-24-10-8-21(9-11-24)22-13-15-29(16-14-22)18-20-12-17-30(19-20)27(31)26-7-3-5-23-4-1-2-6-25(23)26;1-3-5-4(6)7-2/h1-11,20,22H,12-19H2;3H2,1-2H3,(H,5,6)/t20-;/m1./s1. The lowest BCUT2D eigenvalue weighted by molar-refractivity contribution is 0.0784. The third-order valence-electron chi connectivity index (χ3n) is 7.55. The van der Waals surface area contributed by atoms with Gasteiger partial charge in [0.25, 0.3) is 5.91 Å². The summed E-state index contributed by atoms with van der Waals surface area (Å²) in [5.74, 6) is 1.07. The Kier molecular flexibility index (Phi) is 9.71. The van der Waals surface area contributed by atoms with E-state index in [9.17, 15) is 14.0 Å². The van der Waals surface area contributed by atoms with Crippen molar-refractivity contribution in [1.29, 1.82) is 0 Å². The summed E-state index contributed by atoms with van der Waals surface area (Å²) in [6, 6.07) is 21.1. The molecule has 2 saturated heterocycles. The van der Waals surface area contributed by atoms with Gasteiger partial charge >= 0.3 is 6.09 Å². The van der Waals surface area contributed by atoms with E-state index in [2.05, 4.69) is 27.1 Å². The second-order valence-corrected chi connectivity index (χ2v) is 10.1. The Labute approximate surface area is 224 Å². The van der Waals surface area contributed by atoms with Crippen LogP contribution >= 0.6 is 0 Å². The number of hydrogen-bond donors (Lipinski definition) is 1. The largest absolute Gasteiger partial charge is 0.453 e. The Morgan fingerprint density at radius 1 is 0.947 bits per heavy atom. The van der Waals surface area contributed by atoms with Gasteiger partial charge in [0.2, 0.25) is 0 Å². The van der Waals surface area contributed by atoms with Crippen molar-refractivity contribution in [3.63, 3.8) is 0 Å². The Bertz CT molecular complexity index is 1200. The zero-order chi connectivity index (χ0) is 26.9. The molecule has 2 amide bonds. The van der Waals surface area contributed by atoms with E-state index in [0.717, 1.165) is 68.3 Å². The lowest BCUT2D eigenvalue weighted by Crippen LogP contribution is -2.37. The summed E-state index contributed by atoms with van der Waals surface area (Å²) in [6.45, 7) is 7.36. The van der Waals surface area contributed by atoms with E-state index >= 15 is 0 Å². The third-order valence-corrected chi connectivity index (χ3v) is 7.55. The summed E-state index contributed by atoms with van der Waals surface area (Å²) in [5.41, 5.74) is 2.08. The number of carbonyl (C=O) groups is 2. The normalized spacial score (nSPS) is 18.1. The molecule has 6 nitrogen and oxygen atoms in total. The summed E-state index contributed by atoms with van der Waals surface area (Å²) < 4.78 is 17.4. The molecule has 7 heteroatoms. The van der Waals surface area contributed by atoms with Crippen LogP contribution in [0.5, 0.6) is 0 Å². The van der Waals surface area contributed by atoms with Crippen LogP contribution in [0.2, 0.25) is 0 Å². The van der Waals surface area contributed by atoms with Crippen molar-refractivity contribution in [3.8, 4) is 0 Å². The van der Waals surface area contributed by atoms with Crippen LogP contribution in [0.1, 0.15) is 48.0 Å². The van der Waals surface area contributed by atoms with E-state index in [-0.39, 0.29) is 17.8 Å². The average molecular weight is 520 g/mol. The summed E-state index contributed by atoms with van der Waals surface area (Å²) in [5, 5.41) is 4.60. The van der Waals surface area contributed by atoms with E-state index in [4.69, 9.17) is 0 Å². The van der Waals surface area contributed by atoms with Gasteiger partial charge in [0.15, 0.2) is 0 Å². The van der Waals surface area contributed by atoms with E-state index in [1.807, 2.05) is 54.3 Å². The monoisotopic (exact) mass is 519 g/mol. The summed E-state index contributed by atoms with van der Waals surface area (Å²) in [7, 11) is 1.34. The molecule has 2 fully saturated rings. The molecule has 1 atom stereocenters. The Morgan fingerprint density at radius 3 is 2.34 bits per heavy atom. The zero-order valence-electron chi connectivity index (χ0n) is 22.4. The van der Waals surface area contributed by atoms with Crippen LogP contribution in [0.15, 0.2) is 66.7 Å². The number of hydrogen-bond acceptors (Lipinski definition) is 4. The van der Waals surface area contributed by atoms with Gasteiger partial charge in [-0.2, -0.15) is 0 Å². The van der Waals surface area contributed by atoms with E-state index < -0.39 is 0 Å². The molecule has 0 spiro atoms. The number of amides is 2. The maximum Gasteiger partial charge on any atom is 0.406 e. The molecular weight excluding hydrogens is 481 g/mol. The van der Waals surface area contributed by atoms with E-state index in [0.29, 0.717) is 18.4 Å². The number of likely N-dealkylation sites (tertiary alicyclic amines) is 2. The van der Waals surface area contributed by atoms with Gasteiger partial charge in [-0.05, 0) is 85.6 Å². The number of fused-ring (bicyclic) bond motifs is 1. The van der Waals surface area contributed by atoms with Crippen molar-refractivity contribution >= 4 is 22.8 Å². The molecule has 1 N–H and O–H groups in total. The number of methoxy groups -OCH3 is 1. The average Bonchev–Trinajstić information content (AvgIpc) is 3.42. The minimum atomic E-state index is -0.373. The number of alkyl carbamates (subject to hydrolysis) is 1. The first-order chi connectivity index (χ1) is 18.5. The topological polar surface area (TPSA) is 61.9 Å². The van der Waals surface area contributed by atoms with Gasteiger partial charge < -0.3 is 19.9 Å². The molecule has 3 aromatic carbocycles.